The van der Waals surface area contributed by atoms with Gasteiger partial charge in [0.25, 0.3) is 0 Å². The number of phenols is 1. The van der Waals surface area contributed by atoms with Crippen molar-refractivity contribution in [1.82, 2.24) is 10.3 Å². The van der Waals surface area contributed by atoms with Crippen LogP contribution in [0.2, 0.25) is 0 Å². The number of hydrogen-bond acceptors (Lipinski definition) is 5. The number of benzene rings is 1. The summed E-state index contributed by atoms with van der Waals surface area (Å²) in [5.41, 5.74) is 1.39. The van der Waals surface area contributed by atoms with Crippen molar-refractivity contribution in [3.63, 3.8) is 0 Å². The molecule has 0 spiro atoms. The molecule has 1 aromatic carbocycles. The maximum atomic E-state index is 11.7. The van der Waals surface area contributed by atoms with Gasteiger partial charge in [-0.1, -0.05) is 12.1 Å². The topological polar surface area (TPSA) is 82.5 Å². The highest BCUT2D eigenvalue weighted by Gasteiger charge is 2.12. The number of aliphatic hydroxyl groups excluding tert-OH is 1. The molecule has 2 aromatic rings. The van der Waals surface area contributed by atoms with Crippen LogP contribution < -0.4 is 5.32 Å². The van der Waals surface area contributed by atoms with Crippen LogP contribution >= 0.6 is 11.3 Å². The summed E-state index contributed by atoms with van der Waals surface area (Å²) in [5, 5.41) is 24.4. The van der Waals surface area contributed by atoms with Gasteiger partial charge in [0, 0.05) is 11.9 Å². The second-order valence-electron chi connectivity index (χ2n) is 4.45. The number of aromatic nitrogens is 1. The second-order valence-corrected chi connectivity index (χ2v) is 5.52. The van der Waals surface area contributed by atoms with Gasteiger partial charge in [-0.2, -0.15) is 0 Å². The van der Waals surface area contributed by atoms with Crippen molar-refractivity contribution < 1.29 is 15.0 Å². The SMILES string of the molecule is Cc1nc(C(O)CNC(=O)Cc2ccc(O)cc2)cs1. The van der Waals surface area contributed by atoms with Crippen LogP contribution in [0.3, 0.4) is 0 Å². The molecule has 20 heavy (non-hydrogen) atoms. The van der Waals surface area contributed by atoms with E-state index in [1.165, 1.54) is 23.5 Å². The number of nitrogens with zero attached hydrogens (tertiary/aromatic N) is 1. The lowest BCUT2D eigenvalue weighted by molar-refractivity contribution is -0.120. The van der Waals surface area contributed by atoms with Crippen LogP contribution in [-0.2, 0) is 11.2 Å². The van der Waals surface area contributed by atoms with Crippen LogP contribution in [0, 0.1) is 6.92 Å². The van der Waals surface area contributed by atoms with Crippen molar-refractivity contribution in [2.75, 3.05) is 6.54 Å². The van der Waals surface area contributed by atoms with E-state index < -0.39 is 6.10 Å². The van der Waals surface area contributed by atoms with Gasteiger partial charge in [-0.25, -0.2) is 4.98 Å². The van der Waals surface area contributed by atoms with Crippen molar-refractivity contribution >= 4 is 17.2 Å². The van der Waals surface area contributed by atoms with Crippen LogP contribution in [0.25, 0.3) is 0 Å². The van der Waals surface area contributed by atoms with Crippen molar-refractivity contribution in [2.45, 2.75) is 19.4 Å². The summed E-state index contributed by atoms with van der Waals surface area (Å²) in [7, 11) is 0. The fourth-order valence-electron chi connectivity index (χ4n) is 1.71. The van der Waals surface area contributed by atoms with Crippen molar-refractivity contribution in [1.29, 1.82) is 0 Å². The van der Waals surface area contributed by atoms with E-state index in [0.29, 0.717) is 5.69 Å². The molecule has 6 heteroatoms. The highest BCUT2D eigenvalue weighted by atomic mass is 32.1. The molecule has 1 aromatic heterocycles. The third-order valence-electron chi connectivity index (χ3n) is 2.77. The number of amides is 1. The first kappa shape index (κ1) is 14.5. The fourth-order valence-corrected chi connectivity index (χ4v) is 2.37. The molecular weight excluding hydrogens is 276 g/mol. The number of nitrogens with one attached hydrogen (secondary N) is 1. The van der Waals surface area contributed by atoms with E-state index in [1.54, 1.807) is 17.5 Å². The number of carbonyl (C=O) groups excluding carboxylic acids is 1. The molecule has 1 atom stereocenters. The van der Waals surface area contributed by atoms with Gasteiger partial charge in [0.2, 0.25) is 5.91 Å². The number of carbonyl (C=O) groups is 1. The highest BCUT2D eigenvalue weighted by molar-refractivity contribution is 7.09. The number of aryl methyl sites for hydroxylation is 1. The predicted molar refractivity (Wildman–Crippen MR) is 76.6 cm³/mol. The monoisotopic (exact) mass is 292 g/mol. The van der Waals surface area contributed by atoms with E-state index >= 15 is 0 Å². The molecule has 1 heterocycles. The first-order valence-electron chi connectivity index (χ1n) is 6.19. The number of phenolic OH excluding ortho intramolecular Hbond substituents is 1. The van der Waals surface area contributed by atoms with E-state index in [4.69, 9.17) is 5.11 Å². The predicted octanol–water partition coefficient (Wildman–Crippen LogP) is 1.55. The van der Waals surface area contributed by atoms with Gasteiger partial charge in [0.05, 0.1) is 17.1 Å². The average Bonchev–Trinajstić information content (AvgIpc) is 2.85. The van der Waals surface area contributed by atoms with Crippen molar-refractivity contribution in [3.05, 3.63) is 45.9 Å². The fraction of sp³-hybridized carbons (Fsp3) is 0.286. The van der Waals surface area contributed by atoms with Gasteiger partial charge in [-0.05, 0) is 24.6 Å². The number of aliphatic hydroxyl groups is 1. The molecule has 1 unspecified atom stereocenters. The Labute approximate surface area is 120 Å². The van der Waals surface area contributed by atoms with Crippen LogP contribution in [-0.4, -0.2) is 27.6 Å². The Morgan fingerprint density at radius 2 is 2.10 bits per heavy atom. The number of hydrogen-bond donors (Lipinski definition) is 3. The zero-order valence-electron chi connectivity index (χ0n) is 11.0. The molecule has 0 saturated heterocycles. The largest absolute Gasteiger partial charge is 0.508 e. The summed E-state index contributed by atoms with van der Waals surface area (Å²) < 4.78 is 0. The van der Waals surface area contributed by atoms with Crippen molar-refractivity contribution in [3.8, 4) is 5.75 Å². The first-order chi connectivity index (χ1) is 9.54. The maximum Gasteiger partial charge on any atom is 0.224 e. The third-order valence-corrected chi connectivity index (χ3v) is 3.56. The normalized spacial score (nSPS) is 12.1. The number of rotatable bonds is 5. The minimum absolute atomic E-state index is 0.139. The van der Waals surface area contributed by atoms with Gasteiger partial charge >= 0.3 is 0 Å². The van der Waals surface area contributed by atoms with Crippen LogP contribution in [0.15, 0.2) is 29.6 Å². The lowest BCUT2D eigenvalue weighted by Crippen LogP contribution is -2.29. The Bertz CT molecular complexity index is 580. The Kier molecular flexibility index (Phi) is 4.70. The number of aromatic hydroxyl groups is 1. The average molecular weight is 292 g/mol. The third kappa shape index (κ3) is 4.04. The lowest BCUT2D eigenvalue weighted by Gasteiger charge is -2.09. The van der Waals surface area contributed by atoms with Gasteiger partial charge < -0.3 is 15.5 Å². The Balaban J connectivity index is 1.81. The van der Waals surface area contributed by atoms with E-state index in [0.717, 1.165) is 10.6 Å². The quantitative estimate of drug-likeness (QED) is 0.781. The molecule has 0 fully saturated rings. The molecule has 3 N–H and O–H groups in total. The zero-order valence-corrected chi connectivity index (χ0v) is 11.9. The molecule has 0 aliphatic carbocycles. The Morgan fingerprint density at radius 1 is 1.40 bits per heavy atom. The van der Waals surface area contributed by atoms with Crippen molar-refractivity contribution in [2.24, 2.45) is 0 Å². The standard InChI is InChI=1S/C14H16N2O3S/c1-9-16-12(8-20-9)13(18)7-15-14(19)6-10-2-4-11(17)5-3-10/h2-5,8,13,17-18H,6-7H2,1H3,(H,15,19). The molecule has 5 nitrogen and oxygen atoms in total. The van der Waals surface area contributed by atoms with E-state index in [2.05, 4.69) is 10.3 Å². The van der Waals surface area contributed by atoms with E-state index in [9.17, 15) is 9.90 Å². The van der Waals surface area contributed by atoms with Crippen LogP contribution in [0.4, 0.5) is 0 Å². The van der Waals surface area contributed by atoms with Gasteiger partial charge in [-0.15, -0.1) is 11.3 Å². The van der Waals surface area contributed by atoms with E-state index in [1.807, 2.05) is 6.92 Å². The minimum Gasteiger partial charge on any atom is -0.508 e. The second kappa shape index (κ2) is 6.49. The Hall–Kier alpha value is -1.92. The molecule has 2 rings (SSSR count). The highest BCUT2D eigenvalue weighted by Crippen LogP contribution is 2.15. The summed E-state index contributed by atoms with van der Waals surface area (Å²) in [6.07, 6.45) is -0.577. The maximum absolute atomic E-state index is 11.7. The summed E-state index contributed by atoms with van der Waals surface area (Å²) in [5.74, 6) is -0.00910. The molecule has 106 valence electrons. The molecule has 0 aliphatic heterocycles. The lowest BCUT2D eigenvalue weighted by atomic mass is 10.1. The van der Waals surface area contributed by atoms with Crippen LogP contribution in [0.1, 0.15) is 22.4 Å². The number of thiazole rings is 1. The Morgan fingerprint density at radius 3 is 2.70 bits per heavy atom. The molecular formula is C14H16N2O3S. The van der Waals surface area contributed by atoms with E-state index in [-0.39, 0.29) is 24.6 Å². The minimum atomic E-state index is -0.788. The molecule has 1 amide bonds. The first-order valence-corrected chi connectivity index (χ1v) is 7.07. The molecule has 0 radical (unpaired) electrons. The van der Waals surface area contributed by atoms with Gasteiger partial charge in [0.1, 0.15) is 11.9 Å². The summed E-state index contributed by atoms with van der Waals surface area (Å²) in [6.45, 7) is 2.00. The van der Waals surface area contributed by atoms with Gasteiger partial charge in [0.15, 0.2) is 0 Å². The molecule has 0 bridgehead atoms. The summed E-state index contributed by atoms with van der Waals surface area (Å²) in [6, 6.07) is 6.45. The molecule has 0 aliphatic rings. The molecule has 0 saturated carbocycles. The smallest absolute Gasteiger partial charge is 0.224 e. The summed E-state index contributed by atoms with van der Waals surface area (Å²) in [4.78, 5) is 15.9. The van der Waals surface area contributed by atoms with Crippen LogP contribution in [0.5, 0.6) is 5.75 Å². The zero-order chi connectivity index (χ0) is 14.5. The van der Waals surface area contributed by atoms with Gasteiger partial charge in [-0.3, -0.25) is 4.79 Å². The summed E-state index contributed by atoms with van der Waals surface area (Å²) >= 11 is 1.46.